The van der Waals surface area contributed by atoms with Gasteiger partial charge in [-0.25, -0.2) is 4.39 Å². The van der Waals surface area contributed by atoms with Gasteiger partial charge in [-0.2, -0.15) is 0 Å². The van der Waals surface area contributed by atoms with Crippen molar-refractivity contribution >= 4 is 11.6 Å². The number of methoxy groups -OCH3 is 1. The molecule has 1 heterocycles. The maximum Gasteiger partial charge on any atom is 0.226 e. The fraction of sp³-hybridized carbons (Fsp3) is 0.417. The van der Waals surface area contributed by atoms with Crippen LogP contribution in [-0.2, 0) is 16.2 Å². The summed E-state index contributed by atoms with van der Waals surface area (Å²) in [7, 11) is 1.64. The second-order valence-electron chi connectivity index (χ2n) is 8.03. The molecule has 2 aliphatic rings. The first-order valence-electron chi connectivity index (χ1n) is 10.5. The van der Waals surface area contributed by atoms with Crippen molar-refractivity contribution in [3.05, 3.63) is 65.5 Å². The Balaban J connectivity index is 1.46. The van der Waals surface area contributed by atoms with Gasteiger partial charge in [0.25, 0.3) is 0 Å². The van der Waals surface area contributed by atoms with Gasteiger partial charge in [0.15, 0.2) is 6.10 Å². The molecule has 2 aromatic rings. The fourth-order valence-corrected chi connectivity index (χ4v) is 4.27. The predicted molar refractivity (Wildman–Crippen MR) is 113 cm³/mol. The molecule has 1 fully saturated rings. The predicted octanol–water partition coefficient (Wildman–Crippen LogP) is 4.55. The molecule has 0 aromatic heterocycles. The summed E-state index contributed by atoms with van der Waals surface area (Å²) in [6.45, 7) is 0.955. The molecule has 1 aliphatic carbocycles. The Morgan fingerprint density at radius 2 is 2.00 bits per heavy atom. The van der Waals surface area contributed by atoms with E-state index in [9.17, 15) is 9.18 Å². The second kappa shape index (κ2) is 9.28. The van der Waals surface area contributed by atoms with Crippen LogP contribution in [-0.4, -0.2) is 36.3 Å². The van der Waals surface area contributed by atoms with Gasteiger partial charge in [-0.3, -0.25) is 4.79 Å². The Labute approximate surface area is 176 Å². The zero-order valence-corrected chi connectivity index (χ0v) is 17.2. The first-order valence-corrected chi connectivity index (χ1v) is 10.5. The molecule has 1 unspecified atom stereocenters. The highest BCUT2D eigenvalue weighted by Crippen LogP contribution is 2.28. The van der Waals surface area contributed by atoms with E-state index in [4.69, 9.17) is 9.57 Å². The van der Waals surface area contributed by atoms with Gasteiger partial charge < -0.3 is 14.5 Å². The van der Waals surface area contributed by atoms with Crippen molar-refractivity contribution < 1.29 is 18.8 Å². The third-order valence-electron chi connectivity index (χ3n) is 5.84. The highest BCUT2D eigenvalue weighted by atomic mass is 19.1. The minimum Gasteiger partial charge on any atom is -0.497 e. The van der Waals surface area contributed by atoms with E-state index in [1.165, 1.54) is 12.1 Å². The highest BCUT2D eigenvalue weighted by Gasteiger charge is 2.31. The second-order valence-corrected chi connectivity index (χ2v) is 8.03. The quantitative estimate of drug-likeness (QED) is 0.673. The fourth-order valence-electron chi connectivity index (χ4n) is 4.27. The van der Waals surface area contributed by atoms with Crippen LogP contribution in [0, 0.1) is 11.7 Å². The molecular formula is C24H27FN2O3. The van der Waals surface area contributed by atoms with Gasteiger partial charge in [-0.1, -0.05) is 42.3 Å². The summed E-state index contributed by atoms with van der Waals surface area (Å²) >= 11 is 0. The van der Waals surface area contributed by atoms with E-state index in [1.807, 2.05) is 35.2 Å². The SMILES string of the molecule is COc1cccc(CN(CC2CC(c3cccc(F)c3)=NO2)C(=O)C2CCCC2)c1. The number of hydrogen-bond donors (Lipinski definition) is 0. The molecule has 4 rings (SSSR count). The molecule has 0 N–H and O–H groups in total. The van der Waals surface area contributed by atoms with E-state index in [0.29, 0.717) is 25.2 Å². The molecule has 0 spiro atoms. The number of hydrogen-bond acceptors (Lipinski definition) is 4. The van der Waals surface area contributed by atoms with Crippen LogP contribution in [0.4, 0.5) is 4.39 Å². The lowest BCUT2D eigenvalue weighted by atomic mass is 10.0. The molecule has 0 radical (unpaired) electrons. The molecule has 1 amide bonds. The Morgan fingerprint density at radius 3 is 2.77 bits per heavy atom. The average molecular weight is 410 g/mol. The van der Waals surface area contributed by atoms with E-state index in [2.05, 4.69) is 5.16 Å². The maximum absolute atomic E-state index is 13.6. The number of benzene rings is 2. The third-order valence-corrected chi connectivity index (χ3v) is 5.84. The van der Waals surface area contributed by atoms with Crippen LogP contribution >= 0.6 is 0 Å². The summed E-state index contributed by atoms with van der Waals surface area (Å²) in [5.41, 5.74) is 2.46. The van der Waals surface area contributed by atoms with Crippen molar-refractivity contribution in [2.75, 3.05) is 13.7 Å². The molecule has 1 saturated carbocycles. The van der Waals surface area contributed by atoms with Gasteiger partial charge in [-0.15, -0.1) is 0 Å². The van der Waals surface area contributed by atoms with Crippen molar-refractivity contribution in [2.24, 2.45) is 11.1 Å². The minimum absolute atomic E-state index is 0.0839. The van der Waals surface area contributed by atoms with Crippen molar-refractivity contribution in [1.82, 2.24) is 4.90 Å². The highest BCUT2D eigenvalue weighted by molar-refractivity contribution is 6.01. The molecule has 0 saturated heterocycles. The number of rotatable bonds is 7. The lowest BCUT2D eigenvalue weighted by molar-refractivity contribution is -0.137. The first kappa shape index (κ1) is 20.4. The molecule has 1 aliphatic heterocycles. The van der Waals surface area contributed by atoms with Gasteiger partial charge in [0, 0.05) is 24.4 Å². The topological polar surface area (TPSA) is 51.1 Å². The Bertz CT molecular complexity index is 924. The summed E-state index contributed by atoms with van der Waals surface area (Å²) < 4.78 is 18.9. The number of amides is 1. The van der Waals surface area contributed by atoms with Crippen LogP contribution in [0.15, 0.2) is 53.7 Å². The van der Waals surface area contributed by atoms with Crippen molar-refractivity contribution in [2.45, 2.75) is 44.8 Å². The van der Waals surface area contributed by atoms with Crippen LogP contribution in [0.5, 0.6) is 5.75 Å². The number of ether oxygens (including phenoxy) is 1. The van der Waals surface area contributed by atoms with Crippen LogP contribution in [0.25, 0.3) is 0 Å². The summed E-state index contributed by atoms with van der Waals surface area (Å²) in [5, 5.41) is 4.16. The van der Waals surface area contributed by atoms with Crippen molar-refractivity contribution in [3.63, 3.8) is 0 Å². The largest absolute Gasteiger partial charge is 0.497 e. The van der Waals surface area contributed by atoms with Gasteiger partial charge >= 0.3 is 0 Å². The third kappa shape index (κ3) is 4.81. The maximum atomic E-state index is 13.6. The summed E-state index contributed by atoms with van der Waals surface area (Å²) in [5.74, 6) is 0.739. The number of halogens is 1. The molecule has 5 nitrogen and oxygen atoms in total. The summed E-state index contributed by atoms with van der Waals surface area (Å²) in [4.78, 5) is 20.8. The van der Waals surface area contributed by atoms with Crippen molar-refractivity contribution in [1.29, 1.82) is 0 Å². The zero-order chi connectivity index (χ0) is 20.9. The molecule has 6 heteroatoms. The van der Waals surface area contributed by atoms with Gasteiger partial charge in [-0.05, 0) is 42.7 Å². The molecule has 0 bridgehead atoms. The van der Waals surface area contributed by atoms with Crippen molar-refractivity contribution in [3.8, 4) is 5.75 Å². The Morgan fingerprint density at radius 1 is 1.20 bits per heavy atom. The lowest BCUT2D eigenvalue weighted by Crippen LogP contribution is -2.40. The molecule has 2 aromatic carbocycles. The first-order chi connectivity index (χ1) is 14.6. The molecule has 158 valence electrons. The van der Waals surface area contributed by atoms with Crippen LogP contribution in [0.3, 0.4) is 0 Å². The van der Waals surface area contributed by atoms with E-state index in [0.717, 1.165) is 42.6 Å². The number of carbonyl (C=O) groups excluding carboxylic acids is 1. The summed E-state index contributed by atoms with van der Waals surface area (Å²) in [6, 6.07) is 14.1. The number of oxime groups is 1. The van der Waals surface area contributed by atoms with Gasteiger partial charge in [0.2, 0.25) is 5.91 Å². The van der Waals surface area contributed by atoms with Crippen LogP contribution in [0.2, 0.25) is 0 Å². The zero-order valence-electron chi connectivity index (χ0n) is 17.2. The molecular weight excluding hydrogens is 383 g/mol. The van der Waals surface area contributed by atoms with Crippen LogP contribution < -0.4 is 4.74 Å². The van der Waals surface area contributed by atoms with Crippen LogP contribution in [0.1, 0.15) is 43.2 Å². The smallest absolute Gasteiger partial charge is 0.226 e. The monoisotopic (exact) mass is 410 g/mol. The number of carbonyl (C=O) groups is 1. The Kier molecular flexibility index (Phi) is 6.31. The minimum atomic E-state index is -0.297. The van der Waals surface area contributed by atoms with Gasteiger partial charge in [0.1, 0.15) is 11.6 Å². The lowest BCUT2D eigenvalue weighted by Gasteiger charge is -2.27. The van der Waals surface area contributed by atoms with E-state index >= 15 is 0 Å². The number of nitrogens with zero attached hydrogens (tertiary/aromatic N) is 2. The van der Waals surface area contributed by atoms with E-state index in [-0.39, 0.29) is 23.7 Å². The molecule has 1 atom stereocenters. The standard InChI is InChI=1S/C24H27FN2O3/c1-29-21-11-4-6-17(12-21)15-27(24(28)18-7-2-3-8-18)16-22-14-23(26-30-22)19-9-5-10-20(25)13-19/h4-6,9-13,18,22H,2-3,7-8,14-16H2,1H3. The molecule has 30 heavy (non-hydrogen) atoms. The van der Waals surface area contributed by atoms with E-state index < -0.39 is 0 Å². The Hall–Kier alpha value is -2.89. The normalized spacial score (nSPS) is 18.7. The summed E-state index contributed by atoms with van der Waals surface area (Å²) in [6.07, 6.45) is 4.43. The van der Waals surface area contributed by atoms with Gasteiger partial charge in [0.05, 0.1) is 19.4 Å². The average Bonchev–Trinajstić information content (AvgIpc) is 3.45. The van der Waals surface area contributed by atoms with E-state index in [1.54, 1.807) is 13.2 Å².